The van der Waals surface area contributed by atoms with Crippen LogP contribution < -0.4 is 16.4 Å². The second-order valence-corrected chi connectivity index (χ2v) is 7.15. The van der Waals surface area contributed by atoms with Gasteiger partial charge in [-0.15, -0.1) is 11.3 Å². The summed E-state index contributed by atoms with van der Waals surface area (Å²) in [5.41, 5.74) is 8.90. The molecule has 1 aromatic carbocycles. The predicted molar refractivity (Wildman–Crippen MR) is 121 cm³/mol. The largest absolute Gasteiger partial charge is 0.399 e. The number of nitrogens with two attached hydrogens (primary N) is 1. The minimum atomic E-state index is -0.362. The maximum atomic E-state index is 11.5. The number of nitrogens with zero attached hydrogens (tertiary/aromatic N) is 1. The molecule has 0 fully saturated rings. The van der Waals surface area contributed by atoms with Gasteiger partial charge in [-0.05, 0) is 42.7 Å². The fraction of sp³-hybridized carbons (Fsp3) is 0.350. The van der Waals surface area contributed by atoms with E-state index in [2.05, 4.69) is 15.8 Å². The normalized spacial score (nSPS) is 13.1. The zero-order valence-corrected chi connectivity index (χ0v) is 18.6. The molecule has 29 heavy (non-hydrogen) atoms. The van der Waals surface area contributed by atoms with E-state index in [1.165, 1.54) is 0 Å². The number of benzene rings is 1. The lowest BCUT2D eigenvalue weighted by atomic mass is 9.94. The summed E-state index contributed by atoms with van der Waals surface area (Å²) in [6.45, 7) is 4.00. The van der Waals surface area contributed by atoms with Gasteiger partial charge in [0.25, 0.3) is 5.91 Å². The summed E-state index contributed by atoms with van der Waals surface area (Å²) in [5, 5.41) is 11.0. The van der Waals surface area contributed by atoms with Crippen molar-refractivity contribution >= 4 is 51.7 Å². The van der Waals surface area contributed by atoms with Gasteiger partial charge in [0.15, 0.2) is 0 Å². The van der Waals surface area contributed by atoms with Crippen LogP contribution in [0.5, 0.6) is 0 Å². The van der Waals surface area contributed by atoms with E-state index < -0.39 is 0 Å². The van der Waals surface area contributed by atoms with Crippen molar-refractivity contribution in [2.75, 3.05) is 24.8 Å². The molecule has 1 heterocycles. The highest BCUT2D eigenvalue weighted by Crippen LogP contribution is 2.37. The van der Waals surface area contributed by atoms with E-state index in [9.17, 15) is 9.59 Å². The number of anilines is 2. The highest BCUT2D eigenvalue weighted by molar-refractivity contribution is 7.16. The predicted octanol–water partition coefficient (Wildman–Crippen LogP) is 4.31. The summed E-state index contributed by atoms with van der Waals surface area (Å²) >= 11 is 7.17. The van der Waals surface area contributed by atoms with Gasteiger partial charge in [-0.1, -0.05) is 30.6 Å². The van der Waals surface area contributed by atoms with Crippen LogP contribution in [-0.2, 0) is 22.5 Å². The summed E-state index contributed by atoms with van der Waals surface area (Å²) < 4.78 is 0. The Morgan fingerprint density at radius 1 is 1.28 bits per heavy atom. The quantitative estimate of drug-likeness (QED) is 0.477. The number of nitrogens with one attached hydrogen (secondary N) is 2. The molecule has 1 aliphatic rings. The molecule has 0 atom stereocenters. The first kappa shape index (κ1) is 24.5. The lowest BCUT2D eigenvalue weighted by molar-refractivity contribution is -0.105. The van der Waals surface area contributed by atoms with E-state index in [0.717, 1.165) is 46.1 Å². The Morgan fingerprint density at radius 2 is 1.93 bits per heavy atom. The van der Waals surface area contributed by atoms with Crippen LogP contribution in [0.4, 0.5) is 10.7 Å². The molecule has 1 aliphatic carbocycles. The number of hydrogen-bond acceptors (Lipinski definition) is 6. The average Bonchev–Trinajstić information content (AvgIpc) is 3.10. The highest BCUT2D eigenvalue weighted by Gasteiger charge is 2.25. The minimum absolute atomic E-state index is 0.362. The van der Waals surface area contributed by atoms with Gasteiger partial charge in [0.2, 0.25) is 6.41 Å². The van der Waals surface area contributed by atoms with Crippen LogP contribution >= 0.6 is 22.9 Å². The van der Waals surface area contributed by atoms with Crippen LogP contribution in [-0.4, -0.2) is 32.2 Å². The molecule has 2 amide bonds. The van der Waals surface area contributed by atoms with Gasteiger partial charge in [-0.25, -0.2) is 0 Å². The first-order chi connectivity index (χ1) is 14.0. The SMILES string of the molecule is CC.CNc1sc2c(c1C(N)=O)CC/C(=N/OC)C2.O=CNc1ccc(Cl)cc1. The second-order valence-electron chi connectivity index (χ2n) is 5.61. The molecule has 1 aromatic heterocycles. The van der Waals surface area contributed by atoms with Gasteiger partial charge in [0.1, 0.15) is 12.1 Å². The summed E-state index contributed by atoms with van der Waals surface area (Å²) in [4.78, 5) is 27.3. The third-order valence-electron chi connectivity index (χ3n) is 3.88. The molecule has 0 aliphatic heterocycles. The first-order valence-corrected chi connectivity index (χ1v) is 10.4. The maximum Gasteiger partial charge on any atom is 0.251 e. The molecule has 0 saturated heterocycles. The van der Waals surface area contributed by atoms with Crippen molar-refractivity contribution in [3.63, 3.8) is 0 Å². The number of primary amides is 1. The van der Waals surface area contributed by atoms with E-state index in [4.69, 9.17) is 22.2 Å². The Bertz CT molecular complexity index is 835. The molecule has 0 spiro atoms. The number of rotatable bonds is 5. The van der Waals surface area contributed by atoms with E-state index in [-0.39, 0.29) is 5.91 Å². The van der Waals surface area contributed by atoms with Gasteiger partial charge in [0.05, 0.1) is 11.3 Å². The minimum Gasteiger partial charge on any atom is -0.399 e. The molecular weight excluding hydrogens is 412 g/mol. The van der Waals surface area contributed by atoms with Crippen LogP contribution in [0.2, 0.25) is 5.02 Å². The monoisotopic (exact) mass is 438 g/mol. The van der Waals surface area contributed by atoms with Crippen molar-refractivity contribution in [2.24, 2.45) is 10.9 Å². The molecule has 0 bridgehead atoms. The van der Waals surface area contributed by atoms with Crippen LogP contribution in [0.1, 0.15) is 41.1 Å². The lowest BCUT2D eigenvalue weighted by Crippen LogP contribution is -2.18. The molecule has 0 saturated carbocycles. The fourth-order valence-corrected chi connectivity index (χ4v) is 4.09. The standard InChI is InChI=1S/C11H15N3O2S.C7H6ClNO.C2H6/c1-13-11-9(10(12)15)7-4-3-6(14-16-2)5-8(7)17-11;8-6-1-3-7(4-2-6)9-5-10;1-2/h13H,3-5H2,1-2H3,(H2,12,15);1-5H,(H,9,10);1-2H3/b14-6-;;. The van der Waals surface area contributed by atoms with Crippen molar-refractivity contribution in [3.05, 3.63) is 45.3 Å². The molecule has 3 rings (SSSR count). The van der Waals surface area contributed by atoms with Gasteiger partial charge in [-0.3, -0.25) is 9.59 Å². The molecule has 158 valence electrons. The Labute approximate surface area is 180 Å². The number of amides is 2. The van der Waals surface area contributed by atoms with Gasteiger partial charge in [-0.2, -0.15) is 0 Å². The molecule has 0 radical (unpaired) electrons. The van der Waals surface area contributed by atoms with Gasteiger partial charge < -0.3 is 21.2 Å². The van der Waals surface area contributed by atoms with Crippen LogP contribution in [0.15, 0.2) is 29.4 Å². The topological polar surface area (TPSA) is 106 Å². The Balaban J connectivity index is 0.000000299. The van der Waals surface area contributed by atoms with Crippen molar-refractivity contribution in [1.29, 1.82) is 0 Å². The Morgan fingerprint density at radius 3 is 2.45 bits per heavy atom. The number of hydrogen-bond donors (Lipinski definition) is 3. The second kappa shape index (κ2) is 12.8. The molecular formula is C20H27ClN4O3S. The molecule has 7 nitrogen and oxygen atoms in total. The lowest BCUT2D eigenvalue weighted by Gasteiger charge is -2.13. The van der Waals surface area contributed by atoms with Crippen molar-refractivity contribution in [2.45, 2.75) is 33.1 Å². The van der Waals surface area contributed by atoms with Crippen LogP contribution in [0, 0.1) is 0 Å². The first-order valence-electron chi connectivity index (χ1n) is 9.16. The zero-order valence-electron chi connectivity index (χ0n) is 17.0. The van der Waals surface area contributed by atoms with Crippen molar-refractivity contribution in [3.8, 4) is 0 Å². The third-order valence-corrected chi connectivity index (χ3v) is 5.38. The third kappa shape index (κ3) is 7.07. The highest BCUT2D eigenvalue weighted by atomic mass is 35.5. The van der Waals surface area contributed by atoms with Crippen LogP contribution in [0.25, 0.3) is 0 Å². The van der Waals surface area contributed by atoms with Crippen molar-refractivity contribution < 1.29 is 14.4 Å². The van der Waals surface area contributed by atoms with E-state index in [0.29, 0.717) is 17.0 Å². The molecule has 9 heteroatoms. The summed E-state index contributed by atoms with van der Waals surface area (Å²) in [6, 6.07) is 6.90. The smallest absolute Gasteiger partial charge is 0.251 e. The zero-order chi connectivity index (χ0) is 21.8. The molecule has 0 unspecified atom stereocenters. The Hall–Kier alpha value is -2.58. The maximum absolute atomic E-state index is 11.5. The van der Waals surface area contributed by atoms with E-state index >= 15 is 0 Å². The van der Waals surface area contributed by atoms with Crippen molar-refractivity contribution in [1.82, 2.24) is 0 Å². The summed E-state index contributed by atoms with van der Waals surface area (Å²) in [5.74, 6) is -0.362. The Kier molecular flexibility index (Phi) is 10.8. The van der Waals surface area contributed by atoms with Gasteiger partial charge in [0, 0.05) is 29.1 Å². The number of carbonyl (C=O) groups is 2. The summed E-state index contributed by atoms with van der Waals surface area (Å²) in [7, 11) is 3.35. The summed E-state index contributed by atoms with van der Waals surface area (Å²) in [6.07, 6.45) is 2.99. The number of thiophene rings is 1. The fourth-order valence-electron chi connectivity index (χ4n) is 2.72. The van der Waals surface area contributed by atoms with Crippen LogP contribution in [0.3, 0.4) is 0 Å². The number of carbonyl (C=O) groups excluding carboxylic acids is 2. The number of oxime groups is 1. The average molecular weight is 439 g/mol. The van der Waals surface area contributed by atoms with E-state index in [1.54, 1.807) is 49.8 Å². The molecule has 2 aromatic rings. The molecule has 4 N–H and O–H groups in total. The number of fused-ring (bicyclic) bond motifs is 1. The number of halogens is 1. The van der Waals surface area contributed by atoms with E-state index in [1.807, 2.05) is 13.8 Å². The van der Waals surface area contributed by atoms with Gasteiger partial charge >= 0.3 is 0 Å².